The van der Waals surface area contributed by atoms with Crippen LogP contribution in [0, 0.1) is 6.92 Å². The molecule has 2 amide bonds. The minimum Gasteiger partial charge on any atom is -0.477 e. The van der Waals surface area contributed by atoms with Gasteiger partial charge in [-0.25, -0.2) is 4.98 Å². The molecule has 0 saturated carbocycles. The number of nitrogens with zero attached hydrogens (tertiary/aromatic N) is 3. The molecule has 2 heterocycles. The van der Waals surface area contributed by atoms with Crippen LogP contribution in [0.5, 0.6) is 5.75 Å². The zero-order valence-corrected chi connectivity index (χ0v) is 17.6. The lowest BCUT2D eigenvalue weighted by Crippen LogP contribution is -2.50. The highest BCUT2D eigenvalue weighted by molar-refractivity contribution is 7.99. The molecule has 8 heteroatoms. The number of nitrogens with one attached hydrogen (secondary N) is 1. The number of fused-ring (bicyclic) bond motifs is 1. The number of hydrogen-bond donors (Lipinski definition) is 1. The van der Waals surface area contributed by atoms with Crippen LogP contribution in [0.15, 0.2) is 66.1 Å². The number of amides is 2. The lowest BCUT2D eigenvalue weighted by molar-refractivity contribution is -0.127. The van der Waals surface area contributed by atoms with E-state index in [-0.39, 0.29) is 24.1 Å². The molecule has 154 valence electrons. The lowest BCUT2D eigenvalue weighted by atomic mass is 10.2. The van der Waals surface area contributed by atoms with Crippen LogP contribution in [-0.2, 0) is 9.59 Å². The van der Waals surface area contributed by atoms with Crippen LogP contribution in [0.25, 0.3) is 5.69 Å². The van der Waals surface area contributed by atoms with E-state index in [9.17, 15) is 9.59 Å². The topological polar surface area (TPSA) is 76.5 Å². The number of anilines is 1. The monoisotopic (exact) mass is 422 g/mol. The van der Waals surface area contributed by atoms with E-state index in [1.807, 2.05) is 54.1 Å². The molecule has 2 aromatic carbocycles. The summed E-state index contributed by atoms with van der Waals surface area (Å²) >= 11 is 1.37. The molecule has 30 heavy (non-hydrogen) atoms. The molecular weight excluding hydrogens is 400 g/mol. The van der Waals surface area contributed by atoms with Crippen LogP contribution in [0.2, 0.25) is 0 Å². The van der Waals surface area contributed by atoms with Crippen LogP contribution in [0.4, 0.5) is 5.69 Å². The fourth-order valence-electron chi connectivity index (χ4n) is 3.34. The van der Waals surface area contributed by atoms with Crippen molar-refractivity contribution in [1.82, 2.24) is 14.9 Å². The van der Waals surface area contributed by atoms with Crippen LogP contribution in [0.1, 0.15) is 5.56 Å². The summed E-state index contributed by atoms with van der Waals surface area (Å²) in [5, 5.41) is 3.32. The van der Waals surface area contributed by atoms with Crippen molar-refractivity contribution in [3.05, 3.63) is 66.5 Å². The molecule has 7 nitrogen and oxygen atoms in total. The molecule has 1 aromatic heterocycles. The Kier molecular flexibility index (Phi) is 5.76. The largest absolute Gasteiger partial charge is 0.477 e. The number of carbonyl (C=O) groups excluding carboxylic acids is 2. The van der Waals surface area contributed by atoms with E-state index >= 15 is 0 Å². The number of ether oxygens (including phenoxy) is 1. The Labute approximate surface area is 179 Å². The van der Waals surface area contributed by atoms with Gasteiger partial charge in [0.1, 0.15) is 5.75 Å². The van der Waals surface area contributed by atoms with Crippen molar-refractivity contribution < 1.29 is 14.3 Å². The SMILES string of the molecule is CNC(=O)C1CN(C(=O)CSc2nccn2-c2cccc(C)c2)c2ccccc2O1. The molecule has 1 unspecified atom stereocenters. The second-order valence-corrected chi connectivity index (χ2v) is 7.84. The second kappa shape index (κ2) is 8.62. The van der Waals surface area contributed by atoms with Crippen molar-refractivity contribution in [3.8, 4) is 11.4 Å². The molecule has 0 saturated heterocycles. The number of thioether (sulfide) groups is 1. The quantitative estimate of drug-likeness (QED) is 0.640. The van der Waals surface area contributed by atoms with Crippen molar-refractivity contribution in [2.45, 2.75) is 18.2 Å². The fourth-order valence-corrected chi connectivity index (χ4v) is 4.19. The van der Waals surface area contributed by atoms with E-state index in [0.717, 1.165) is 16.4 Å². The molecule has 3 aromatic rings. The Balaban J connectivity index is 1.52. The summed E-state index contributed by atoms with van der Waals surface area (Å²) in [6.07, 6.45) is 2.86. The standard InChI is InChI=1S/C22H22N4O3S/c1-15-6-5-7-16(12-15)25-11-10-24-22(25)30-14-20(27)26-13-19(21(28)23-2)29-18-9-4-3-8-17(18)26/h3-12,19H,13-14H2,1-2H3,(H,23,28). The van der Waals surface area contributed by atoms with Gasteiger partial charge in [0.15, 0.2) is 11.3 Å². The highest BCUT2D eigenvalue weighted by Gasteiger charge is 2.33. The molecule has 0 aliphatic carbocycles. The first kappa shape index (κ1) is 20.0. The average Bonchev–Trinajstić information content (AvgIpc) is 3.24. The summed E-state index contributed by atoms with van der Waals surface area (Å²) in [6.45, 7) is 2.21. The first-order chi connectivity index (χ1) is 14.6. The van der Waals surface area contributed by atoms with Gasteiger partial charge in [0.05, 0.1) is 18.0 Å². The second-order valence-electron chi connectivity index (χ2n) is 6.90. The predicted octanol–water partition coefficient (Wildman–Crippen LogP) is 2.81. The van der Waals surface area contributed by atoms with E-state index in [4.69, 9.17) is 4.74 Å². The van der Waals surface area contributed by atoms with Gasteiger partial charge in [0.25, 0.3) is 5.91 Å². The smallest absolute Gasteiger partial charge is 0.262 e. The zero-order chi connectivity index (χ0) is 21.1. The molecule has 1 atom stereocenters. The number of imidazole rings is 1. The van der Waals surface area contributed by atoms with Crippen molar-refractivity contribution in [2.24, 2.45) is 0 Å². The summed E-state index contributed by atoms with van der Waals surface area (Å²) < 4.78 is 7.74. The predicted molar refractivity (Wildman–Crippen MR) is 116 cm³/mol. The number of likely N-dealkylation sites (N-methyl/N-ethyl adjacent to an activating group) is 1. The number of benzene rings is 2. The van der Waals surface area contributed by atoms with Crippen molar-refractivity contribution in [1.29, 1.82) is 0 Å². The highest BCUT2D eigenvalue weighted by Crippen LogP contribution is 2.34. The van der Waals surface area contributed by atoms with E-state index in [1.54, 1.807) is 24.2 Å². The van der Waals surface area contributed by atoms with Crippen molar-refractivity contribution in [3.63, 3.8) is 0 Å². The van der Waals surface area contributed by atoms with Gasteiger partial charge in [-0.1, -0.05) is 36.0 Å². The Morgan fingerprint density at radius 1 is 1.23 bits per heavy atom. The summed E-state index contributed by atoms with van der Waals surface area (Å²) in [4.78, 5) is 31.2. The molecule has 0 radical (unpaired) electrons. The Morgan fingerprint density at radius 3 is 2.87 bits per heavy atom. The third-order valence-electron chi connectivity index (χ3n) is 4.82. The lowest BCUT2D eigenvalue weighted by Gasteiger charge is -2.34. The summed E-state index contributed by atoms with van der Waals surface area (Å²) in [7, 11) is 1.55. The number of hydrogen-bond acceptors (Lipinski definition) is 5. The first-order valence-corrected chi connectivity index (χ1v) is 10.6. The summed E-state index contributed by atoms with van der Waals surface area (Å²) in [5.41, 5.74) is 2.82. The number of rotatable bonds is 5. The van der Waals surface area contributed by atoms with Crippen LogP contribution < -0.4 is 15.0 Å². The van der Waals surface area contributed by atoms with Gasteiger partial charge in [0, 0.05) is 25.1 Å². The molecule has 1 N–H and O–H groups in total. The van der Waals surface area contributed by atoms with Crippen LogP contribution in [0.3, 0.4) is 0 Å². The maximum absolute atomic E-state index is 13.1. The van der Waals surface area contributed by atoms with E-state index in [0.29, 0.717) is 11.4 Å². The van der Waals surface area contributed by atoms with Gasteiger partial charge in [-0.2, -0.15) is 0 Å². The third kappa shape index (κ3) is 4.04. The molecule has 0 bridgehead atoms. The Hall–Kier alpha value is -3.26. The minimum atomic E-state index is -0.742. The van der Waals surface area contributed by atoms with Gasteiger partial charge >= 0.3 is 0 Å². The van der Waals surface area contributed by atoms with Gasteiger partial charge in [-0.05, 0) is 36.8 Å². The Morgan fingerprint density at radius 2 is 2.07 bits per heavy atom. The molecule has 0 spiro atoms. The van der Waals surface area contributed by atoms with Gasteiger partial charge in [-0.15, -0.1) is 0 Å². The number of carbonyl (C=O) groups is 2. The maximum Gasteiger partial charge on any atom is 0.262 e. The van der Waals surface area contributed by atoms with Crippen LogP contribution >= 0.6 is 11.8 Å². The summed E-state index contributed by atoms with van der Waals surface area (Å²) in [5.74, 6) is 0.350. The van der Waals surface area contributed by atoms with E-state index in [2.05, 4.69) is 16.4 Å². The number of aryl methyl sites for hydroxylation is 1. The summed E-state index contributed by atoms with van der Waals surface area (Å²) in [6, 6.07) is 15.4. The van der Waals surface area contributed by atoms with Crippen molar-refractivity contribution in [2.75, 3.05) is 24.2 Å². The molecule has 4 rings (SSSR count). The molecule has 1 aliphatic rings. The molecule has 0 fully saturated rings. The van der Waals surface area contributed by atoms with Gasteiger partial charge in [0.2, 0.25) is 5.91 Å². The fraction of sp³-hybridized carbons (Fsp3) is 0.227. The average molecular weight is 423 g/mol. The molecule has 1 aliphatic heterocycles. The first-order valence-electron chi connectivity index (χ1n) is 9.57. The number of aromatic nitrogens is 2. The Bertz CT molecular complexity index is 1080. The number of para-hydroxylation sites is 2. The van der Waals surface area contributed by atoms with Crippen molar-refractivity contribution >= 4 is 29.3 Å². The normalized spacial score (nSPS) is 15.3. The maximum atomic E-state index is 13.1. The van der Waals surface area contributed by atoms with Crippen LogP contribution in [-0.4, -0.2) is 46.8 Å². The highest BCUT2D eigenvalue weighted by atomic mass is 32.2. The van der Waals surface area contributed by atoms with E-state index in [1.165, 1.54) is 11.8 Å². The molecular formula is C22H22N4O3S. The van der Waals surface area contributed by atoms with Gasteiger partial charge in [-0.3, -0.25) is 14.2 Å². The van der Waals surface area contributed by atoms with Gasteiger partial charge < -0.3 is 15.0 Å². The van der Waals surface area contributed by atoms with E-state index < -0.39 is 6.10 Å². The third-order valence-corrected chi connectivity index (χ3v) is 5.78. The minimum absolute atomic E-state index is 0.108. The zero-order valence-electron chi connectivity index (χ0n) is 16.7.